The summed E-state index contributed by atoms with van der Waals surface area (Å²) in [6.07, 6.45) is 8.62. The summed E-state index contributed by atoms with van der Waals surface area (Å²) in [5.41, 5.74) is 0.414. The number of hydrogen-bond acceptors (Lipinski definition) is 4. The molecule has 7 heteroatoms. The van der Waals surface area contributed by atoms with E-state index in [9.17, 15) is 14.4 Å². The fourth-order valence-electron chi connectivity index (χ4n) is 3.93. The Labute approximate surface area is 217 Å². The van der Waals surface area contributed by atoms with Crippen molar-refractivity contribution in [2.45, 2.75) is 105 Å². The van der Waals surface area contributed by atoms with Crippen molar-refractivity contribution >= 4 is 17.9 Å². The average molecular weight is 500 g/mol. The lowest BCUT2D eigenvalue weighted by Gasteiger charge is -2.38. The van der Waals surface area contributed by atoms with Gasteiger partial charge in [0.15, 0.2) is 0 Å². The van der Waals surface area contributed by atoms with E-state index in [1.165, 1.54) is 0 Å². The second kappa shape index (κ2) is 14.5. The summed E-state index contributed by atoms with van der Waals surface area (Å²) in [7, 11) is 0. The minimum Gasteiger partial charge on any atom is -0.444 e. The maximum absolute atomic E-state index is 14.1. The molecule has 0 aliphatic rings. The van der Waals surface area contributed by atoms with Gasteiger partial charge in [0.1, 0.15) is 17.7 Å². The van der Waals surface area contributed by atoms with E-state index < -0.39 is 23.8 Å². The molecular formula is C29H45N3O4. The molecule has 0 aromatic heterocycles. The topological polar surface area (TPSA) is 87.7 Å². The van der Waals surface area contributed by atoms with Gasteiger partial charge in [-0.05, 0) is 58.6 Å². The summed E-state index contributed by atoms with van der Waals surface area (Å²) in [5, 5.41) is 5.77. The monoisotopic (exact) mass is 499 g/mol. The van der Waals surface area contributed by atoms with Crippen LogP contribution in [0.4, 0.5) is 4.79 Å². The number of nitrogens with one attached hydrogen (secondary N) is 2. The molecule has 0 saturated carbocycles. The Hall–Kier alpha value is -3.01. The van der Waals surface area contributed by atoms with Gasteiger partial charge in [-0.1, -0.05) is 64.2 Å². The van der Waals surface area contributed by atoms with Crippen molar-refractivity contribution in [1.29, 1.82) is 0 Å². The zero-order valence-electron chi connectivity index (χ0n) is 23.3. The van der Waals surface area contributed by atoms with Gasteiger partial charge in [0.05, 0.1) is 0 Å². The number of ether oxygens (including phenoxy) is 1. The second-order valence-corrected chi connectivity index (χ2v) is 10.5. The van der Waals surface area contributed by atoms with Crippen molar-refractivity contribution in [2.75, 3.05) is 6.54 Å². The van der Waals surface area contributed by atoms with Crippen molar-refractivity contribution in [2.24, 2.45) is 5.92 Å². The van der Waals surface area contributed by atoms with Crippen molar-refractivity contribution in [3.63, 3.8) is 0 Å². The number of terminal acetylenes is 1. The molecule has 2 N–H and O–H groups in total. The fraction of sp³-hybridized carbons (Fsp3) is 0.621. The summed E-state index contributed by atoms with van der Waals surface area (Å²) >= 11 is 0. The Balaban J connectivity index is 3.50. The first kappa shape index (κ1) is 31.0. The number of benzene rings is 1. The molecule has 36 heavy (non-hydrogen) atoms. The number of carbonyl (C=O) groups is 3. The van der Waals surface area contributed by atoms with Crippen LogP contribution in [0.1, 0.15) is 98.2 Å². The molecule has 7 nitrogen and oxygen atoms in total. The van der Waals surface area contributed by atoms with E-state index in [1.54, 1.807) is 37.8 Å². The van der Waals surface area contributed by atoms with Gasteiger partial charge >= 0.3 is 6.09 Å². The maximum Gasteiger partial charge on any atom is 0.408 e. The third kappa shape index (κ3) is 9.22. The van der Waals surface area contributed by atoms with Crippen molar-refractivity contribution in [1.82, 2.24) is 15.5 Å². The van der Waals surface area contributed by atoms with Gasteiger partial charge in [-0.15, -0.1) is 6.42 Å². The van der Waals surface area contributed by atoms with Crippen molar-refractivity contribution in [3.8, 4) is 12.3 Å². The maximum atomic E-state index is 14.1. The smallest absolute Gasteiger partial charge is 0.408 e. The van der Waals surface area contributed by atoms with Gasteiger partial charge in [-0.2, -0.15) is 0 Å². The molecule has 1 aromatic rings. The van der Waals surface area contributed by atoms with Gasteiger partial charge in [-0.25, -0.2) is 4.79 Å². The molecule has 0 heterocycles. The van der Waals surface area contributed by atoms with Gasteiger partial charge < -0.3 is 20.3 Å². The number of alkyl carbamates (subject to hydrolysis) is 1. The number of hydrogen-bond donors (Lipinski definition) is 2. The molecule has 3 atom stereocenters. The van der Waals surface area contributed by atoms with Crippen LogP contribution < -0.4 is 10.6 Å². The van der Waals surface area contributed by atoms with Crippen LogP contribution in [0, 0.1) is 18.3 Å². The first-order chi connectivity index (χ1) is 16.9. The minimum atomic E-state index is -0.946. The summed E-state index contributed by atoms with van der Waals surface area (Å²) in [5.74, 6) is 1.81. The summed E-state index contributed by atoms with van der Waals surface area (Å²) in [4.78, 5) is 41.9. The Morgan fingerprint density at radius 3 is 2.25 bits per heavy atom. The molecule has 0 aliphatic heterocycles. The molecule has 0 fully saturated rings. The second-order valence-electron chi connectivity index (χ2n) is 10.5. The Kier molecular flexibility index (Phi) is 12.5. The molecule has 3 unspecified atom stereocenters. The first-order valence-electron chi connectivity index (χ1n) is 13.0. The molecule has 1 aromatic carbocycles. The highest BCUT2D eigenvalue weighted by molar-refractivity contribution is 5.93. The number of unbranched alkanes of at least 4 members (excludes halogenated alkanes) is 2. The molecule has 3 amide bonds. The first-order valence-corrected chi connectivity index (χ1v) is 13.0. The predicted octanol–water partition coefficient (Wildman–Crippen LogP) is 5.19. The van der Waals surface area contributed by atoms with Crippen LogP contribution in [0.5, 0.6) is 0 Å². The van der Waals surface area contributed by atoms with E-state index in [1.807, 2.05) is 39.8 Å². The Morgan fingerprint density at radius 1 is 1.08 bits per heavy atom. The van der Waals surface area contributed by atoms with Crippen molar-refractivity contribution in [3.05, 3.63) is 35.4 Å². The average Bonchev–Trinajstić information content (AvgIpc) is 2.81. The molecule has 1 rings (SSSR count). The lowest BCUT2D eigenvalue weighted by Crippen LogP contribution is -2.57. The Bertz CT molecular complexity index is 914. The van der Waals surface area contributed by atoms with Crippen LogP contribution in [-0.2, 0) is 14.3 Å². The molecule has 0 spiro atoms. The number of rotatable bonds is 12. The van der Waals surface area contributed by atoms with Crippen molar-refractivity contribution < 1.29 is 19.1 Å². The van der Waals surface area contributed by atoms with Crippen LogP contribution in [0.25, 0.3) is 0 Å². The third-order valence-electron chi connectivity index (χ3n) is 5.98. The molecule has 200 valence electrons. The van der Waals surface area contributed by atoms with E-state index in [0.29, 0.717) is 24.1 Å². The zero-order chi connectivity index (χ0) is 27.5. The largest absolute Gasteiger partial charge is 0.444 e. The summed E-state index contributed by atoms with van der Waals surface area (Å²) in [6, 6.07) is 5.00. The van der Waals surface area contributed by atoms with E-state index in [2.05, 4.69) is 23.5 Å². The molecular weight excluding hydrogens is 454 g/mol. The number of amides is 3. The standard InChI is InChI=1S/C29H45N3O4/c1-10-13-16-19-30-26(33)25(23-18-15-14-17-22(23)12-3)32(20(4)5)27(34)24(21(6)11-2)31-28(35)36-29(7,8)9/h3,14-15,17-18,20-21,24-25H,10-11,13,16,19H2,1-2,4-9H3,(H,30,33)(H,31,35). The number of nitrogens with zero attached hydrogens (tertiary/aromatic N) is 1. The molecule has 0 bridgehead atoms. The lowest BCUT2D eigenvalue weighted by molar-refractivity contribution is -0.145. The lowest BCUT2D eigenvalue weighted by atomic mass is 9.93. The van der Waals surface area contributed by atoms with Crippen LogP contribution in [-0.4, -0.2) is 47.0 Å². The van der Waals surface area contributed by atoms with E-state index >= 15 is 0 Å². The van der Waals surface area contributed by atoms with Gasteiger partial charge in [-0.3, -0.25) is 9.59 Å². The highest BCUT2D eigenvalue weighted by Gasteiger charge is 2.40. The zero-order valence-corrected chi connectivity index (χ0v) is 23.3. The van der Waals surface area contributed by atoms with Gasteiger partial charge in [0.25, 0.3) is 0 Å². The molecule has 0 aliphatic carbocycles. The third-order valence-corrected chi connectivity index (χ3v) is 5.98. The van der Waals surface area contributed by atoms with Crippen LogP contribution >= 0.6 is 0 Å². The van der Waals surface area contributed by atoms with Crippen LogP contribution in [0.15, 0.2) is 24.3 Å². The highest BCUT2D eigenvalue weighted by Crippen LogP contribution is 2.29. The normalized spacial score (nSPS) is 13.8. The predicted molar refractivity (Wildman–Crippen MR) is 144 cm³/mol. The van der Waals surface area contributed by atoms with Crippen LogP contribution in [0.3, 0.4) is 0 Å². The SMILES string of the molecule is C#Cc1ccccc1C(C(=O)NCCCCC)N(C(=O)C(NC(=O)OC(C)(C)C)C(C)CC)C(C)C. The van der Waals surface area contributed by atoms with E-state index in [-0.39, 0.29) is 23.8 Å². The van der Waals surface area contributed by atoms with Crippen LogP contribution in [0.2, 0.25) is 0 Å². The van der Waals surface area contributed by atoms with E-state index in [0.717, 1.165) is 19.3 Å². The quantitative estimate of drug-likeness (QED) is 0.306. The summed E-state index contributed by atoms with van der Waals surface area (Å²) in [6.45, 7) is 15.5. The molecule has 0 saturated heterocycles. The molecule has 0 radical (unpaired) electrons. The number of carbonyl (C=O) groups excluding carboxylic acids is 3. The Morgan fingerprint density at radius 2 is 1.72 bits per heavy atom. The van der Waals surface area contributed by atoms with Gasteiger partial charge in [0, 0.05) is 18.2 Å². The fourth-order valence-corrected chi connectivity index (χ4v) is 3.93. The van der Waals surface area contributed by atoms with Gasteiger partial charge in [0.2, 0.25) is 11.8 Å². The minimum absolute atomic E-state index is 0.192. The van der Waals surface area contributed by atoms with E-state index in [4.69, 9.17) is 11.2 Å². The highest BCUT2D eigenvalue weighted by atomic mass is 16.6. The summed E-state index contributed by atoms with van der Waals surface area (Å²) < 4.78 is 5.43.